The molecule has 0 spiro atoms. The number of likely N-dealkylation sites (tertiary alicyclic amines) is 1. The van der Waals surface area contributed by atoms with Crippen molar-refractivity contribution >= 4 is 0 Å². The van der Waals surface area contributed by atoms with Crippen LogP contribution in [0.1, 0.15) is 90.9 Å². The van der Waals surface area contributed by atoms with Gasteiger partial charge < -0.3 is 17.3 Å². The van der Waals surface area contributed by atoms with Crippen molar-refractivity contribution in [3.8, 4) is 0 Å². The largest absolute Gasteiger partial charge is 1.00 e. The van der Waals surface area contributed by atoms with Crippen LogP contribution < -0.4 is 17.3 Å². The van der Waals surface area contributed by atoms with Crippen molar-refractivity contribution in [2.75, 3.05) is 19.6 Å². The molecule has 122 valence electrons. The van der Waals surface area contributed by atoms with E-state index in [9.17, 15) is 0 Å². The van der Waals surface area contributed by atoms with E-state index in [2.05, 4.69) is 13.8 Å². The average Bonchev–Trinajstić information content (AvgIpc) is 2.89. The van der Waals surface area contributed by atoms with Gasteiger partial charge in [-0.1, -0.05) is 65.2 Å². The molecule has 1 aliphatic heterocycles. The van der Waals surface area contributed by atoms with Gasteiger partial charge in [-0.3, -0.25) is 0 Å². The van der Waals surface area contributed by atoms with Crippen LogP contribution in [0, 0.1) is 5.92 Å². The van der Waals surface area contributed by atoms with E-state index < -0.39 is 0 Å². The van der Waals surface area contributed by atoms with E-state index in [1.807, 2.05) is 4.90 Å². The molecule has 1 saturated heterocycles. The molecule has 2 unspecified atom stereocenters. The molecule has 0 radical (unpaired) electrons. The number of rotatable bonds is 12. The van der Waals surface area contributed by atoms with Crippen molar-refractivity contribution in [3.63, 3.8) is 0 Å². The topological polar surface area (TPSA) is 4.44 Å². The van der Waals surface area contributed by atoms with Crippen LogP contribution in [0.2, 0.25) is 0 Å². The predicted octanol–water partition coefficient (Wildman–Crippen LogP) is 1.23. The van der Waals surface area contributed by atoms with Gasteiger partial charge in [0, 0.05) is 12.3 Å². The minimum atomic E-state index is 0. The molecule has 2 atom stereocenters. The molecular formula is C18H38ClN. The molecule has 1 N–H and O–H groups in total. The van der Waals surface area contributed by atoms with Gasteiger partial charge >= 0.3 is 0 Å². The van der Waals surface area contributed by atoms with Crippen LogP contribution in [0.4, 0.5) is 0 Å². The Hall–Kier alpha value is 0.250. The molecule has 0 bridgehead atoms. The Bertz CT molecular complexity index is 196. The Labute approximate surface area is 134 Å². The van der Waals surface area contributed by atoms with Crippen LogP contribution in [-0.4, -0.2) is 19.6 Å². The highest BCUT2D eigenvalue weighted by Gasteiger charge is 2.23. The van der Waals surface area contributed by atoms with Gasteiger partial charge in [0.2, 0.25) is 0 Å². The summed E-state index contributed by atoms with van der Waals surface area (Å²) in [5.74, 6) is 1.04. The van der Waals surface area contributed by atoms with E-state index in [0.717, 1.165) is 5.92 Å². The predicted molar refractivity (Wildman–Crippen MR) is 85.8 cm³/mol. The number of unbranched alkanes of at least 4 members (excludes halogenated alkanes) is 9. The SMILES string of the molecule is CCCCCCCCCCCC[NH+]1CCC(CC)C1.[Cl-]. The molecule has 20 heavy (non-hydrogen) atoms. The van der Waals surface area contributed by atoms with Crippen molar-refractivity contribution in [1.29, 1.82) is 0 Å². The number of halogens is 1. The Morgan fingerprint density at radius 1 is 0.800 bits per heavy atom. The first-order valence-corrected chi connectivity index (χ1v) is 9.20. The molecule has 0 aromatic heterocycles. The van der Waals surface area contributed by atoms with Gasteiger partial charge in [-0.2, -0.15) is 0 Å². The molecule has 2 heteroatoms. The highest BCUT2D eigenvalue weighted by molar-refractivity contribution is 4.60. The second-order valence-electron chi connectivity index (χ2n) is 6.70. The quantitative estimate of drug-likeness (QED) is 0.517. The van der Waals surface area contributed by atoms with Gasteiger partial charge in [0.25, 0.3) is 0 Å². The minimum absolute atomic E-state index is 0. The molecule has 0 aromatic rings. The lowest BCUT2D eigenvalue weighted by molar-refractivity contribution is -0.889. The van der Waals surface area contributed by atoms with Crippen molar-refractivity contribution < 1.29 is 17.3 Å². The Morgan fingerprint density at radius 2 is 1.35 bits per heavy atom. The number of quaternary nitrogens is 1. The smallest absolute Gasteiger partial charge is 0.0801 e. The molecule has 1 aliphatic rings. The first-order valence-electron chi connectivity index (χ1n) is 9.20. The summed E-state index contributed by atoms with van der Waals surface area (Å²) < 4.78 is 0. The van der Waals surface area contributed by atoms with Gasteiger partial charge in [-0.25, -0.2) is 0 Å². The van der Waals surface area contributed by atoms with Crippen LogP contribution in [0.25, 0.3) is 0 Å². The van der Waals surface area contributed by atoms with E-state index in [0.29, 0.717) is 0 Å². The fourth-order valence-electron chi connectivity index (χ4n) is 3.46. The summed E-state index contributed by atoms with van der Waals surface area (Å²) in [5.41, 5.74) is 0. The van der Waals surface area contributed by atoms with Crippen molar-refractivity contribution in [1.82, 2.24) is 0 Å². The van der Waals surface area contributed by atoms with Crippen LogP contribution in [0.15, 0.2) is 0 Å². The number of hydrogen-bond acceptors (Lipinski definition) is 0. The highest BCUT2D eigenvalue weighted by Crippen LogP contribution is 2.11. The zero-order chi connectivity index (χ0) is 13.8. The van der Waals surface area contributed by atoms with Gasteiger partial charge in [0.1, 0.15) is 0 Å². The third-order valence-corrected chi connectivity index (χ3v) is 4.94. The molecule has 0 amide bonds. The minimum Gasteiger partial charge on any atom is -1.00 e. The Kier molecular flexibility index (Phi) is 14.4. The summed E-state index contributed by atoms with van der Waals surface area (Å²) >= 11 is 0. The lowest BCUT2D eigenvalue weighted by Crippen LogP contribution is -3.10. The fraction of sp³-hybridized carbons (Fsp3) is 1.00. The first-order chi connectivity index (χ1) is 9.36. The third-order valence-electron chi connectivity index (χ3n) is 4.94. The first kappa shape index (κ1) is 20.2. The van der Waals surface area contributed by atoms with Gasteiger partial charge in [0.15, 0.2) is 0 Å². The zero-order valence-corrected chi connectivity index (χ0v) is 14.8. The summed E-state index contributed by atoms with van der Waals surface area (Å²) in [6.07, 6.45) is 17.5. The van der Waals surface area contributed by atoms with Crippen molar-refractivity contribution in [2.45, 2.75) is 90.9 Å². The summed E-state index contributed by atoms with van der Waals surface area (Å²) in [6.45, 7) is 9.02. The lowest BCUT2D eigenvalue weighted by Gasteiger charge is -2.12. The highest BCUT2D eigenvalue weighted by atomic mass is 35.5. The third kappa shape index (κ3) is 10.0. The number of nitrogens with one attached hydrogen (secondary N) is 1. The summed E-state index contributed by atoms with van der Waals surface area (Å²) in [5, 5.41) is 0. The van der Waals surface area contributed by atoms with Gasteiger partial charge in [0.05, 0.1) is 19.6 Å². The maximum absolute atomic E-state index is 2.36. The monoisotopic (exact) mass is 303 g/mol. The van der Waals surface area contributed by atoms with E-state index in [4.69, 9.17) is 0 Å². The number of hydrogen-bond donors (Lipinski definition) is 1. The fourth-order valence-corrected chi connectivity index (χ4v) is 3.46. The molecule has 0 aromatic carbocycles. The van der Waals surface area contributed by atoms with E-state index in [-0.39, 0.29) is 12.4 Å². The second kappa shape index (κ2) is 14.2. The maximum atomic E-state index is 2.36. The lowest BCUT2D eigenvalue weighted by atomic mass is 10.1. The summed E-state index contributed by atoms with van der Waals surface area (Å²) in [7, 11) is 0. The average molecular weight is 304 g/mol. The summed E-state index contributed by atoms with van der Waals surface area (Å²) in [6, 6.07) is 0. The molecule has 1 heterocycles. The molecule has 0 aliphatic carbocycles. The van der Waals surface area contributed by atoms with Gasteiger partial charge in [-0.05, 0) is 19.3 Å². The molecule has 1 rings (SSSR count). The Balaban J connectivity index is 0.00000361. The molecule has 0 saturated carbocycles. The van der Waals surface area contributed by atoms with Crippen LogP contribution in [-0.2, 0) is 0 Å². The maximum Gasteiger partial charge on any atom is 0.0801 e. The van der Waals surface area contributed by atoms with Crippen molar-refractivity contribution in [2.24, 2.45) is 5.92 Å². The van der Waals surface area contributed by atoms with E-state index in [1.165, 1.54) is 96.7 Å². The van der Waals surface area contributed by atoms with Gasteiger partial charge in [-0.15, -0.1) is 0 Å². The molecule has 1 fully saturated rings. The normalized spacial score (nSPS) is 21.9. The molecule has 1 nitrogen and oxygen atoms in total. The zero-order valence-electron chi connectivity index (χ0n) is 14.1. The van der Waals surface area contributed by atoms with E-state index in [1.54, 1.807) is 0 Å². The second-order valence-corrected chi connectivity index (χ2v) is 6.70. The Morgan fingerprint density at radius 3 is 1.85 bits per heavy atom. The van der Waals surface area contributed by atoms with Crippen LogP contribution in [0.5, 0.6) is 0 Å². The molecular weight excluding hydrogens is 266 g/mol. The summed E-state index contributed by atoms with van der Waals surface area (Å²) in [4.78, 5) is 1.89. The standard InChI is InChI=1S/C18H37N.ClH/c1-3-5-6-7-8-9-10-11-12-13-15-19-16-14-18(4-2)17-19;/h18H,3-17H2,1-2H3;1H. The van der Waals surface area contributed by atoms with Crippen LogP contribution >= 0.6 is 0 Å². The van der Waals surface area contributed by atoms with Crippen molar-refractivity contribution in [3.05, 3.63) is 0 Å². The van der Waals surface area contributed by atoms with Crippen LogP contribution in [0.3, 0.4) is 0 Å². The van der Waals surface area contributed by atoms with E-state index >= 15 is 0 Å².